The van der Waals surface area contributed by atoms with Gasteiger partial charge in [0.15, 0.2) is 5.13 Å². The van der Waals surface area contributed by atoms with Crippen LogP contribution in [0.4, 0.5) is 10.8 Å². The molecule has 1 atom stereocenters. The maximum atomic E-state index is 13.7. The monoisotopic (exact) mass is 726 g/mol. The lowest BCUT2D eigenvalue weighted by Gasteiger charge is -2.17. The molecule has 6 aromatic rings. The normalized spacial score (nSPS) is 11.8. The van der Waals surface area contributed by atoms with Gasteiger partial charge in [-0.25, -0.2) is 4.98 Å². The maximum absolute atomic E-state index is 13.7. The average molecular weight is 727 g/mol. The van der Waals surface area contributed by atoms with Gasteiger partial charge in [-0.05, 0) is 71.3 Å². The third-order valence-corrected chi connectivity index (χ3v) is 9.84. The fourth-order valence-electron chi connectivity index (χ4n) is 5.30. The van der Waals surface area contributed by atoms with Crippen molar-refractivity contribution in [2.24, 2.45) is 0 Å². The zero-order valence-electron chi connectivity index (χ0n) is 28.1. The van der Waals surface area contributed by atoms with Crippen molar-refractivity contribution >= 4 is 74.5 Å². The Morgan fingerprint density at radius 1 is 0.808 bits per heavy atom. The van der Waals surface area contributed by atoms with Crippen LogP contribution in [0.5, 0.6) is 0 Å². The second-order valence-electron chi connectivity index (χ2n) is 11.4. The number of ether oxygens (including phenoxy) is 1. The number of carbonyl (C=O) groups is 4. The van der Waals surface area contributed by atoms with Gasteiger partial charge in [-0.3, -0.25) is 19.2 Å². The fraction of sp³-hybridized carbons (Fsp3) is 0.0976. The molecule has 5 aromatic carbocycles. The molecule has 1 unspecified atom stereocenters. The van der Waals surface area contributed by atoms with E-state index in [1.165, 1.54) is 23.1 Å². The lowest BCUT2D eigenvalue weighted by molar-refractivity contribution is -0.142. The van der Waals surface area contributed by atoms with Crippen LogP contribution in [-0.2, 0) is 25.5 Å². The highest BCUT2D eigenvalue weighted by molar-refractivity contribution is 8.00. The standard InChI is InChI=1S/C41H34N4O5S2/c1-2-50-36(46)25-32-26-51-41(43-32)45-40(49)37(28-13-5-3-6-14-28)52-33-22-20-31(21-23-33)42-39(48)35(44-38(47)29-15-7-4-8-16-29)24-30-18-11-17-27-12-9-10-19-34(27)30/h3-24,26,37H,2,25H2,1H3,(H,42,48)(H,44,47)(H,43,45,49)/b35-24-. The largest absolute Gasteiger partial charge is 0.466 e. The van der Waals surface area contributed by atoms with Crippen LogP contribution < -0.4 is 16.0 Å². The highest BCUT2D eigenvalue weighted by Gasteiger charge is 2.24. The molecule has 0 saturated carbocycles. The molecule has 0 aliphatic carbocycles. The molecule has 6 rings (SSSR count). The molecule has 260 valence electrons. The summed E-state index contributed by atoms with van der Waals surface area (Å²) in [6.07, 6.45) is 1.70. The van der Waals surface area contributed by atoms with E-state index in [1.807, 2.05) is 91.0 Å². The van der Waals surface area contributed by atoms with Crippen LogP contribution >= 0.6 is 23.1 Å². The SMILES string of the molecule is CCOC(=O)Cc1csc(NC(=O)C(Sc2ccc(NC(=O)/C(=C/c3cccc4ccccc34)NC(=O)c3ccccc3)cc2)c2ccccc2)n1. The topological polar surface area (TPSA) is 126 Å². The number of thioether (sulfide) groups is 1. The first-order valence-corrected chi connectivity index (χ1v) is 18.2. The van der Waals surface area contributed by atoms with E-state index in [4.69, 9.17) is 4.74 Å². The number of hydrogen-bond donors (Lipinski definition) is 3. The molecular weight excluding hydrogens is 693 g/mol. The number of esters is 1. The Hall–Kier alpha value is -6.04. The summed E-state index contributed by atoms with van der Waals surface area (Å²) in [6, 6.07) is 38.9. The zero-order chi connectivity index (χ0) is 36.3. The maximum Gasteiger partial charge on any atom is 0.311 e. The molecule has 0 aliphatic rings. The number of aromatic nitrogens is 1. The molecule has 0 bridgehead atoms. The number of hydrogen-bond acceptors (Lipinski definition) is 8. The Bertz CT molecular complexity index is 2220. The number of thiazole rings is 1. The van der Waals surface area contributed by atoms with Gasteiger partial charge < -0.3 is 20.7 Å². The van der Waals surface area contributed by atoms with E-state index in [1.54, 1.807) is 54.8 Å². The zero-order valence-corrected chi connectivity index (χ0v) is 29.7. The summed E-state index contributed by atoms with van der Waals surface area (Å²) in [7, 11) is 0. The molecule has 1 aromatic heterocycles. The van der Waals surface area contributed by atoms with Crippen molar-refractivity contribution in [2.75, 3.05) is 17.2 Å². The van der Waals surface area contributed by atoms with E-state index in [0.29, 0.717) is 22.1 Å². The minimum absolute atomic E-state index is 0.0276. The van der Waals surface area contributed by atoms with Gasteiger partial charge >= 0.3 is 5.97 Å². The van der Waals surface area contributed by atoms with Crippen molar-refractivity contribution in [3.63, 3.8) is 0 Å². The fourth-order valence-corrected chi connectivity index (χ4v) is 7.04. The van der Waals surface area contributed by atoms with Gasteiger partial charge in [-0.2, -0.15) is 0 Å². The second kappa shape index (κ2) is 17.3. The first-order valence-electron chi connectivity index (χ1n) is 16.5. The van der Waals surface area contributed by atoms with Crippen molar-refractivity contribution in [1.29, 1.82) is 0 Å². The number of rotatable bonds is 13. The number of amides is 3. The van der Waals surface area contributed by atoms with Gasteiger partial charge in [-0.1, -0.05) is 91.0 Å². The third kappa shape index (κ3) is 9.39. The lowest BCUT2D eigenvalue weighted by atomic mass is 10.0. The van der Waals surface area contributed by atoms with Gasteiger partial charge in [0, 0.05) is 21.5 Å². The van der Waals surface area contributed by atoms with Gasteiger partial charge in [0.2, 0.25) is 5.91 Å². The molecule has 11 heteroatoms. The highest BCUT2D eigenvalue weighted by atomic mass is 32.2. The summed E-state index contributed by atoms with van der Waals surface area (Å²) >= 11 is 2.58. The molecule has 1 heterocycles. The van der Waals surface area contributed by atoms with Crippen LogP contribution in [0.1, 0.15) is 39.4 Å². The average Bonchev–Trinajstić information content (AvgIpc) is 3.61. The van der Waals surface area contributed by atoms with Crippen molar-refractivity contribution in [2.45, 2.75) is 23.5 Å². The summed E-state index contributed by atoms with van der Waals surface area (Å²) in [6.45, 7) is 2.03. The molecule has 3 amide bonds. The number of carbonyl (C=O) groups excluding carboxylic acids is 4. The molecule has 0 radical (unpaired) electrons. The first-order chi connectivity index (χ1) is 25.4. The van der Waals surface area contributed by atoms with Crippen LogP contribution in [0.25, 0.3) is 16.8 Å². The summed E-state index contributed by atoms with van der Waals surface area (Å²) in [4.78, 5) is 57.6. The Morgan fingerprint density at radius 3 is 2.25 bits per heavy atom. The van der Waals surface area contributed by atoms with E-state index < -0.39 is 17.1 Å². The Labute approximate surface area is 309 Å². The Balaban J connectivity index is 1.19. The molecule has 0 saturated heterocycles. The molecule has 0 fully saturated rings. The van der Waals surface area contributed by atoms with Gasteiger partial charge in [-0.15, -0.1) is 23.1 Å². The predicted molar refractivity (Wildman–Crippen MR) is 207 cm³/mol. The van der Waals surface area contributed by atoms with Crippen molar-refractivity contribution in [3.05, 3.63) is 161 Å². The van der Waals surface area contributed by atoms with Gasteiger partial charge in [0.05, 0.1) is 18.7 Å². The second-order valence-corrected chi connectivity index (χ2v) is 13.5. The smallest absolute Gasteiger partial charge is 0.311 e. The number of benzene rings is 5. The molecule has 3 N–H and O–H groups in total. The summed E-state index contributed by atoms with van der Waals surface area (Å²) in [5.74, 6) is -1.56. The van der Waals surface area contributed by atoms with Crippen LogP contribution in [0.3, 0.4) is 0 Å². The van der Waals surface area contributed by atoms with Crippen LogP contribution in [-0.4, -0.2) is 35.3 Å². The van der Waals surface area contributed by atoms with E-state index in [-0.39, 0.29) is 30.6 Å². The Kier molecular flexibility index (Phi) is 11.9. The first kappa shape index (κ1) is 35.8. The molecular formula is C41H34N4O5S2. The highest BCUT2D eigenvalue weighted by Crippen LogP contribution is 2.37. The van der Waals surface area contributed by atoms with Crippen LogP contribution in [0.2, 0.25) is 0 Å². The minimum atomic E-state index is -0.623. The number of nitrogens with zero attached hydrogens (tertiary/aromatic N) is 1. The molecule has 9 nitrogen and oxygen atoms in total. The summed E-state index contributed by atoms with van der Waals surface area (Å²) in [5.41, 5.74) is 3.10. The van der Waals surface area contributed by atoms with E-state index >= 15 is 0 Å². The summed E-state index contributed by atoms with van der Waals surface area (Å²) in [5, 5.41) is 12.0. The van der Waals surface area contributed by atoms with E-state index in [0.717, 1.165) is 26.8 Å². The van der Waals surface area contributed by atoms with Crippen LogP contribution in [0, 0.1) is 0 Å². The van der Waals surface area contributed by atoms with Crippen molar-refractivity contribution < 1.29 is 23.9 Å². The number of nitrogens with one attached hydrogen (secondary N) is 3. The van der Waals surface area contributed by atoms with Gasteiger partial charge in [0.1, 0.15) is 10.9 Å². The number of fused-ring (bicyclic) bond motifs is 1. The lowest BCUT2D eigenvalue weighted by Crippen LogP contribution is -2.30. The third-order valence-electron chi connectivity index (χ3n) is 7.77. The van der Waals surface area contributed by atoms with Crippen LogP contribution in [0.15, 0.2) is 143 Å². The van der Waals surface area contributed by atoms with E-state index in [9.17, 15) is 19.2 Å². The van der Waals surface area contributed by atoms with E-state index in [2.05, 4.69) is 20.9 Å². The predicted octanol–water partition coefficient (Wildman–Crippen LogP) is 8.28. The van der Waals surface area contributed by atoms with Crippen molar-refractivity contribution in [1.82, 2.24) is 10.3 Å². The van der Waals surface area contributed by atoms with Crippen molar-refractivity contribution in [3.8, 4) is 0 Å². The Morgan fingerprint density at radius 2 is 1.50 bits per heavy atom. The molecule has 0 spiro atoms. The van der Waals surface area contributed by atoms with Gasteiger partial charge in [0.25, 0.3) is 11.8 Å². The minimum Gasteiger partial charge on any atom is -0.466 e. The number of anilines is 2. The summed E-state index contributed by atoms with van der Waals surface area (Å²) < 4.78 is 5.00. The molecule has 0 aliphatic heterocycles. The quantitative estimate of drug-likeness (QED) is 0.0621. The molecule has 52 heavy (non-hydrogen) atoms.